The molecule has 1 aliphatic heterocycles. The molecule has 3 rings (SSSR count). The van der Waals surface area contributed by atoms with Crippen LogP contribution in [0.2, 0.25) is 0 Å². The largest absolute Gasteiger partial charge is 0.444 e. The summed E-state index contributed by atoms with van der Waals surface area (Å²) in [5.41, 5.74) is 3.28. The summed E-state index contributed by atoms with van der Waals surface area (Å²) in [7, 11) is 1.58. The number of amides is 3. The fourth-order valence-corrected chi connectivity index (χ4v) is 3.08. The summed E-state index contributed by atoms with van der Waals surface area (Å²) in [6.45, 7) is 6.29. The van der Waals surface area contributed by atoms with Gasteiger partial charge >= 0.3 is 6.03 Å². The molecule has 0 saturated carbocycles. The number of aryl methyl sites for hydroxylation is 2. The van der Waals surface area contributed by atoms with Crippen molar-refractivity contribution >= 4 is 17.6 Å². The van der Waals surface area contributed by atoms with Gasteiger partial charge in [0, 0.05) is 44.5 Å². The lowest BCUT2D eigenvalue weighted by Crippen LogP contribution is -2.51. The minimum absolute atomic E-state index is 0.0618. The Hall–Kier alpha value is -2.87. The number of ether oxygens (including phenoxy) is 1. The number of carbonyl (C=O) groups excluding carboxylic acids is 2. The summed E-state index contributed by atoms with van der Waals surface area (Å²) in [6.07, 6.45) is 1.97. The van der Waals surface area contributed by atoms with Crippen molar-refractivity contribution in [3.63, 3.8) is 0 Å². The number of anilines is 1. The van der Waals surface area contributed by atoms with Crippen LogP contribution >= 0.6 is 0 Å². The highest BCUT2D eigenvalue weighted by molar-refractivity contribution is 5.91. The third kappa shape index (κ3) is 4.69. The predicted octanol–water partition coefficient (Wildman–Crippen LogP) is 2.67. The van der Waals surface area contributed by atoms with E-state index in [0.29, 0.717) is 45.1 Å². The Labute approximate surface area is 164 Å². The number of carbonyl (C=O) groups is 2. The molecule has 2 heterocycles. The molecule has 150 valence electrons. The highest BCUT2D eigenvalue weighted by Gasteiger charge is 2.24. The number of urea groups is 1. The Bertz CT molecular complexity index is 840. The first-order valence-electron chi connectivity index (χ1n) is 9.33. The molecule has 0 bridgehead atoms. The van der Waals surface area contributed by atoms with Crippen LogP contribution in [0.3, 0.4) is 0 Å². The zero-order chi connectivity index (χ0) is 20.1. The topological polar surface area (TPSA) is 87.9 Å². The van der Waals surface area contributed by atoms with E-state index < -0.39 is 0 Å². The number of methoxy groups -OCH3 is 1. The summed E-state index contributed by atoms with van der Waals surface area (Å²) in [5, 5.41) is 2.97. The molecule has 0 atom stereocenters. The van der Waals surface area contributed by atoms with Crippen molar-refractivity contribution in [3.05, 3.63) is 35.7 Å². The number of hydrogen-bond acceptors (Lipinski definition) is 5. The molecule has 1 aliphatic rings. The Balaban J connectivity index is 1.60. The maximum Gasteiger partial charge on any atom is 0.321 e. The average molecular weight is 386 g/mol. The predicted molar refractivity (Wildman–Crippen MR) is 105 cm³/mol. The number of hydrogen-bond donors (Lipinski definition) is 1. The minimum atomic E-state index is -0.173. The zero-order valence-electron chi connectivity index (χ0n) is 16.5. The molecule has 0 unspecified atom stereocenters. The SMILES string of the molecule is COCCC(=O)N1CCN(C(=O)Nc2cc(-c3nc(C)co3)ccc2C)CC1. The van der Waals surface area contributed by atoms with Crippen molar-refractivity contribution in [3.8, 4) is 11.5 Å². The molecular formula is C20H26N4O4. The molecule has 1 aromatic heterocycles. The standard InChI is InChI=1S/C20H26N4O4/c1-14-4-5-16(19-21-15(2)13-28-19)12-17(14)22-20(26)24-9-7-23(8-10-24)18(25)6-11-27-3/h4-5,12-13H,6-11H2,1-3H3,(H,22,26). The van der Waals surface area contributed by atoms with Gasteiger partial charge in [-0.25, -0.2) is 9.78 Å². The monoisotopic (exact) mass is 386 g/mol. The van der Waals surface area contributed by atoms with Crippen LogP contribution in [-0.4, -0.2) is 66.6 Å². The summed E-state index contributed by atoms with van der Waals surface area (Å²) < 4.78 is 10.4. The number of piperazine rings is 1. The molecule has 1 N–H and O–H groups in total. The van der Waals surface area contributed by atoms with Gasteiger partial charge in [-0.15, -0.1) is 0 Å². The zero-order valence-corrected chi connectivity index (χ0v) is 16.5. The number of benzene rings is 1. The van der Waals surface area contributed by atoms with E-state index in [1.54, 1.807) is 23.2 Å². The molecule has 2 aromatic rings. The van der Waals surface area contributed by atoms with E-state index in [-0.39, 0.29) is 11.9 Å². The first-order chi connectivity index (χ1) is 13.5. The van der Waals surface area contributed by atoms with Crippen molar-refractivity contribution in [1.82, 2.24) is 14.8 Å². The molecule has 1 fully saturated rings. The lowest BCUT2D eigenvalue weighted by atomic mass is 10.1. The number of nitrogens with one attached hydrogen (secondary N) is 1. The van der Waals surface area contributed by atoms with Crippen LogP contribution in [0.25, 0.3) is 11.5 Å². The highest BCUT2D eigenvalue weighted by atomic mass is 16.5. The fourth-order valence-electron chi connectivity index (χ4n) is 3.08. The summed E-state index contributed by atoms with van der Waals surface area (Å²) in [6, 6.07) is 5.54. The minimum Gasteiger partial charge on any atom is -0.444 e. The van der Waals surface area contributed by atoms with E-state index in [0.717, 1.165) is 22.5 Å². The van der Waals surface area contributed by atoms with Crippen LogP contribution in [0, 0.1) is 13.8 Å². The quantitative estimate of drug-likeness (QED) is 0.854. The van der Waals surface area contributed by atoms with E-state index in [4.69, 9.17) is 9.15 Å². The molecule has 8 nitrogen and oxygen atoms in total. The maximum atomic E-state index is 12.7. The van der Waals surface area contributed by atoms with Crippen LogP contribution in [-0.2, 0) is 9.53 Å². The molecular weight excluding hydrogens is 360 g/mol. The Kier molecular flexibility index (Phi) is 6.30. The van der Waals surface area contributed by atoms with Crippen molar-refractivity contribution in [1.29, 1.82) is 0 Å². The van der Waals surface area contributed by atoms with Gasteiger partial charge in [0.05, 0.1) is 18.7 Å². The normalized spacial score (nSPS) is 14.2. The molecule has 0 spiro atoms. The van der Waals surface area contributed by atoms with E-state index in [1.807, 2.05) is 32.0 Å². The first-order valence-corrected chi connectivity index (χ1v) is 9.33. The highest BCUT2D eigenvalue weighted by Crippen LogP contribution is 2.25. The first kappa shape index (κ1) is 19.9. The van der Waals surface area contributed by atoms with Crippen LogP contribution in [0.15, 0.2) is 28.9 Å². The number of rotatable bonds is 5. The van der Waals surface area contributed by atoms with Gasteiger partial charge in [0.25, 0.3) is 0 Å². The van der Waals surface area contributed by atoms with Crippen molar-refractivity contribution in [2.75, 3.05) is 45.2 Å². The van der Waals surface area contributed by atoms with Crippen LogP contribution in [0.5, 0.6) is 0 Å². The van der Waals surface area contributed by atoms with Gasteiger partial charge in [0.15, 0.2) is 0 Å². The lowest BCUT2D eigenvalue weighted by Gasteiger charge is -2.34. The van der Waals surface area contributed by atoms with E-state index in [1.165, 1.54) is 0 Å². The lowest BCUT2D eigenvalue weighted by molar-refractivity contribution is -0.133. The van der Waals surface area contributed by atoms with E-state index in [9.17, 15) is 9.59 Å². The van der Waals surface area contributed by atoms with Crippen molar-refractivity contribution in [2.24, 2.45) is 0 Å². The molecule has 3 amide bonds. The molecule has 1 saturated heterocycles. The fraction of sp³-hybridized carbons (Fsp3) is 0.450. The molecule has 28 heavy (non-hydrogen) atoms. The smallest absolute Gasteiger partial charge is 0.321 e. The van der Waals surface area contributed by atoms with E-state index >= 15 is 0 Å². The van der Waals surface area contributed by atoms with Crippen molar-refractivity contribution in [2.45, 2.75) is 20.3 Å². The Morgan fingerprint density at radius 2 is 1.89 bits per heavy atom. The average Bonchev–Trinajstić information content (AvgIpc) is 3.14. The Morgan fingerprint density at radius 1 is 1.18 bits per heavy atom. The third-order valence-electron chi connectivity index (χ3n) is 4.78. The second-order valence-corrected chi connectivity index (χ2v) is 6.86. The van der Waals surface area contributed by atoms with Gasteiger partial charge in [-0.05, 0) is 31.5 Å². The van der Waals surface area contributed by atoms with Gasteiger partial charge in [-0.1, -0.05) is 6.07 Å². The molecule has 1 aromatic carbocycles. The number of oxazole rings is 1. The van der Waals surface area contributed by atoms with Gasteiger partial charge in [-0.2, -0.15) is 0 Å². The van der Waals surface area contributed by atoms with E-state index in [2.05, 4.69) is 10.3 Å². The van der Waals surface area contributed by atoms with Crippen LogP contribution < -0.4 is 5.32 Å². The Morgan fingerprint density at radius 3 is 2.54 bits per heavy atom. The second-order valence-electron chi connectivity index (χ2n) is 6.86. The van der Waals surface area contributed by atoms with Crippen LogP contribution in [0.4, 0.5) is 10.5 Å². The van der Waals surface area contributed by atoms with Gasteiger partial charge < -0.3 is 24.3 Å². The molecule has 0 radical (unpaired) electrons. The number of aromatic nitrogens is 1. The maximum absolute atomic E-state index is 12.7. The summed E-state index contributed by atoms with van der Waals surface area (Å²) in [5.74, 6) is 0.586. The van der Waals surface area contributed by atoms with Crippen LogP contribution in [0.1, 0.15) is 17.7 Å². The molecule has 0 aliphatic carbocycles. The van der Waals surface area contributed by atoms with Gasteiger partial charge in [-0.3, -0.25) is 4.79 Å². The van der Waals surface area contributed by atoms with Gasteiger partial charge in [0.1, 0.15) is 6.26 Å². The summed E-state index contributed by atoms with van der Waals surface area (Å²) >= 11 is 0. The number of nitrogens with zero attached hydrogens (tertiary/aromatic N) is 3. The third-order valence-corrected chi connectivity index (χ3v) is 4.78. The second kappa shape index (κ2) is 8.88. The van der Waals surface area contributed by atoms with Gasteiger partial charge in [0.2, 0.25) is 11.8 Å². The summed E-state index contributed by atoms with van der Waals surface area (Å²) in [4.78, 5) is 32.6. The van der Waals surface area contributed by atoms with Crippen molar-refractivity contribution < 1.29 is 18.7 Å². The molecule has 8 heteroatoms.